The van der Waals surface area contributed by atoms with E-state index in [1.807, 2.05) is 0 Å². The first kappa shape index (κ1) is 18.1. The molecular formula is C17H13ClF3N3O2. The molecule has 1 aliphatic heterocycles. The summed E-state index contributed by atoms with van der Waals surface area (Å²) in [6.45, 7) is 0.110. The number of hydrogen-bond donors (Lipinski definition) is 2. The Morgan fingerprint density at radius 1 is 1.23 bits per heavy atom. The van der Waals surface area contributed by atoms with Gasteiger partial charge in [0.05, 0.1) is 11.1 Å². The van der Waals surface area contributed by atoms with Gasteiger partial charge >= 0.3 is 6.18 Å². The number of alkyl halides is 3. The van der Waals surface area contributed by atoms with E-state index in [2.05, 4.69) is 10.5 Å². The van der Waals surface area contributed by atoms with Crippen LogP contribution in [0.4, 0.5) is 13.2 Å². The molecule has 3 rings (SSSR count). The largest absolute Gasteiger partial charge is 0.507 e. The number of rotatable bonds is 4. The topological polar surface area (TPSA) is 64.9 Å². The molecule has 0 saturated heterocycles. The summed E-state index contributed by atoms with van der Waals surface area (Å²) in [6.07, 6.45) is -4.62. The normalized spacial score (nSPS) is 17.0. The molecule has 9 heteroatoms. The number of phenolic OH excluding ortho intramolecular Hbond substituents is 1. The summed E-state index contributed by atoms with van der Waals surface area (Å²) in [4.78, 5) is 12.8. The van der Waals surface area contributed by atoms with Crippen LogP contribution in [0.1, 0.15) is 16.7 Å². The highest BCUT2D eigenvalue weighted by Gasteiger charge is 2.32. The van der Waals surface area contributed by atoms with Gasteiger partial charge in [0.1, 0.15) is 5.75 Å². The standard InChI is InChI=1S/C17H13ClF3N3O2/c18-12-5-6-14(26)13(7-12)16-23-22-15(9-25)24(16)8-10-1-3-11(4-2-10)17(19,20)21/h1-7,9,15,22,26H,8H2. The van der Waals surface area contributed by atoms with Gasteiger partial charge in [-0.15, -0.1) is 0 Å². The third-order valence-electron chi connectivity index (χ3n) is 3.87. The van der Waals surface area contributed by atoms with Gasteiger partial charge in [-0.2, -0.15) is 18.3 Å². The van der Waals surface area contributed by atoms with E-state index in [0.717, 1.165) is 12.1 Å². The van der Waals surface area contributed by atoms with E-state index in [9.17, 15) is 23.1 Å². The number of nitrogens with zero attached hydrogens (tertiary/aromatic N) is 2. The summed E-state index contributed by atoms with van der Waals surface area (Å²) in [5.41, 5.74) is 2.71. The molecule has 136 valence electrons. The average Bonchev–Trinajstić information content (AvgIpc) is 2.99. The zero-order valence-electron chi connectivity index (χ0n) is 13.2. The van der Waals surface area contributed by atoms with Gasteiger partial charge in [-0.3, -0.25) is 10.2 Å². The number of halogens is 4. The summed E-state index contributed by atoms with van der Waals surface area (Å²) in [5, 5.41) is 14.5. The first-order valence-corrected chi connectivity index (χ1v) is 7.87. The molecule has 1 unspecified atom stereocenters. The number of aldehydes is 1. The van der Waals surface area contributed by atoms with Crippen LogP contribution in [0.2, 0.25) is 5.02 Å². The number of nitrogens with one attached hydrogen (secondary N) is 1. The molecule has 0 aromatic heterocycles. The van der Waals surface area contributed by atoms with E-state index in [0.29, 0.717) is 22.4 Å². The maximum Gasteiger partial charge on any atom is 0.416 e. The molecular weight excluding hydrogens is 371 g/mol. The lowest BCUT2D eigenvalue weighted by Crippen LogP contribution is -2.41. The fourth-order valence-corrected chi connectivity index (χ4v) is 2.74. The molecule has 5 nitrogen and oxygen atoms in total. The minimum atomic E-state index is -4.42. The van der Waals surface area contributed by atoms with Crippen LogP contribution < -0.4 is 5.43 Å². The molecule has 1 heterocycles. The van der Waals surface area contributed by atoms with Crippen molar-refractivity contribution in [2.75, 3.05) is 0 Å². The van der Waals surface area contributed by atoms with Crippen molar-refractivity contribution in [1.82, 2.24) is 10.3 Å². The van der Waals surface area contributed by atoms with E-state index < -0.39 is 17.9 Å². The molecule has 0 aliphatic carbocycles. The molecule has 0 spiro atoms. The van der Waals surface area contributed by atoms with Gasteiger partial charge in [0, 0.05) is 11.6 Å². The van der Waals surface area contributed by atoms with E-state index >= 15 is 0 Å². The van der Waals surface area contributed by atoms with Crippen LogP contribution in [0.3, 0.4) is 0 Å². The maximum atomic E-state index is 12.7. The Hall–Kier alpha value is -2.74. The van der Waals surface area contributed by atoms with E-state index in [1.54, 1.807) is 0 Å². The van der Waals surface area contributed by atoms with Gasteiger partial charge in [-0.05, 0) is 35.9 Å². The first-order valence-electron chi connectivity index (χ1n) is 7.50. The molecule has 26 heavy (non-hydrogen) atoms. The number of aromatic hydroxyl groups is 1. The Bertz CT molecular complexity index is 853. The van der Waals surface area contributed by atoms with Crippen molar-refractivity contribution < 1.29 is 23.1 Å². The second-order valence-corrected chi connectivity index (χ2v) is 6.07. The van der Waals surface area contributed by atoms with Crippen molar-refractivity contribution in [3.05, 3.63) is 64.2 Å². The third kappa shape index (κ3) is 3.60. The van der Waals surface area contributed by atoms with Crippen molar-refractivity contribution in [3.8, 4) is 5.75 Å². The second-order valence-electron chi connectivity index (χ2n) is 5.63. The highest BCUT2D eigenvalue weighted by Crippen LogP contribution is 2.30. The molecule has 1 atom stereocenters. The Balaban J connectivity index is 1.89. The molecule has 1 aliphatic rings. The number of hydrogen-bond acceptors (Lipinski definition) is 5. The zero-order valence-corrected chi connectivity index (χ0v) is 13.9. The minimum Gasteiger partial charge on any atom is -0.507 e. The van der Waals surface area contributed by atoms with Gasteiger partial charge in [0.15, 0.2) is 18.3 Å². The Morgan fingerprint density at radius 3 is 2.54 bits per heavy atom. The highest BCUT2D eigenvalue weighted by atomic mass is 35.5. The first-order chi connectivity index (χ1) is 12.3. The van der Waals surface area contributed by atoms with Gasteiger partial charge < -0.3 is 10.0 Å². The van der Waals surface area contributed by atoms with E-state index in [4.69, 9.17) is 11.6 Å². The summed E-state index contributed by atoms with van der Waals surface area (Å²) in [6, 6.07) is 9.00. The number of carbonyl (C=O) groups is 1. The molecule has 2 N–H and O–H groups in total. The quantitative estimate of drug-likeness (QED) is 0.795. The molecule has 0 fully saturated rings. The summed E-state index contributed by atoms with van der Waals surface area (Å²) < 4.78 is 38.0. The predicted octanol–water partition coefficient (Wildman–Crippen LogP) is 3.36. The molecule has 0 radical (unpaired) electrons. The lowest BCUT2D eigenvalue weighted by Gasteiger charge is -2.24. The molecule has 0 saturated carbocycles. The van der Waals surface area contributed by atoms with Crippen LogP contribution >= 0.6 is 11.6 Å². The van der Waals surface area contributed by atoms with Crippen molar-refractivity contribution in [3.63, 3.8) is 0 Å². The Labute approximate surface area is 151 Å². The maximum absolute atomic E-state index is 12.7. The van der Waals surface area contributed by atoms with Gasteiger partial charge in [0.2, 0.25) is 0 Å². The van der Waals surface area contributed by atoms with Crippen molar-refractivity contribution >= 4 is 23.7 Å². The van der Waals surface area contributed by atoms with Crippen LogP contribution in [0.5, 0.6) is 5.75 Å². The predicted molar refractivity (Wildman–Crippen MR) is 89.6 cm³/mol. The number of hydrazone groups is 1. The van der Waals surface area contributed by atoms with Crippen molar-refractivity contribution in [1.29, 1.82) is 0 Å². The van der Waals surface area contributed by atoms with Crippen LogP contribution in [-0.4, -0.2) is 28.3 Å². The fraction of sp³-hybridized carbons (Fsp3) is 0.176. The molecule has 2 aromatic rings. The number of carbonyl (C=O) groups excluding carboxylic acids is 1. The second kappa shape index (κ2) is 6.87. The SMILES string of the molecule is O=CC1NN=C(c2cc(Cl)ccc2O)N1Cc1ccc(C(F)(F)F)cc1. The number of benzene rings is 2. The summed E-state index contributed by atoms with van der Waals surface area (Å²) in [5.74, 6) is 0.181. The third-order valence-corrected chi connectivity index (χ3v) is 4.11. The average molecular weight is 384 g/mol. The number of amidine groups is 1. The molecule has 2 aromatic carbocycles. The van der Waals surface area contributed by atoms with Gasteiger partial charge in [-0.25, -0.2) is 0 Å². The van der Waals surface area contributed by atoms with E-state index in [1.165, 1.54) is 35.2 Å². The molecule has 0 amide bonds. The lowest BCUT2D eigenvalue weighted by molar-refractivity contribution is -0.137. The zero-order chi connectivity index (χ0) is 18.9. The number of phenols is 1. The summed E-state index contributed by atoms with van der Waals surface area (Å²) in [7, 11) is 0. The fourth-order valence-electron chi connectivity index (χ4n) is 2.57. The Kier molecular flexibility index (Phi) is 4.78. The van der Waals surface area contributed by atoms with E-state index in [-0.39, 0.29) is 18.1 Å². The van der Waals surface area contributed by atoms with Crippen LogP contribution in [-0.2, 0) is 17.5 Å². The smallest absolute Gasteiger partial charge is 0.416 e. The van der Waals surface area contributed by atoms with Gasteiger partial charge in [-0.1, -0.05) is 23.7 Å². The monoisotopic (exact) mass is 383 g/mol. The Morgan fingerprint density at radius 2 is 1.92 bits per heavy atom. The molecule has 0 bridgehead atoms. The van der Waals surface area contributed by atoms with Crippen LogP contribution in [0.25, 0.3) is 0 Å². The highest BCUT2D eigenvalue weighted by molar-refractivity contribution is 6.31. The van der Waals surface area contributed by atoms with Crippen LogP contribution in [0.15, 0.2) is 47.6 Å². The van der Waals surface area contributed by atoms with Gasteiger partial charge in [0.25, 0.3) is 0 Å². The van der Waals surface area contributed by atoms with Crippen molar-refractivity contribution in [2.24, 2.45) is 5.10 Å². The summed E-state index contributed by atoms with van der Waals surface area (Å²) >= 11 is 5.95. The van der Waals surface area contributed by atoms with Crippen LogP contribution in [0, 0.1) is 0 Å². The minimum absolute atomic E-state index is 0.0843. The van der Waals surface area contributed by atoms with Crippen molar-refractivity contribution in [2.45, 2.75) is 18.9 Å². The lowest BCUT2D eigenvalue weighted by atomic mass is 10.1.